The quantitative estimate of drug-likeness (QED) is 0.628. The maximum atomic E-state index is 13.2. The van der Waals surface area contributed by atoms with Crippen molar-refractivity contribution in [3.63, 3.8) is 0 Å². The SMILES string of the molecule is CC(C)C(=O)N1CCC2(CC1)COc1cc(-c3cccnc3)ccc1S(=O)(=O)NCC(O)CN(C)C2. The van der Waals surface area contributed by atoms with Crippen LogP contribution in [-0.2, 0) is 14.8 Å². The largest absolute Gasteiger partial charge is 0.492 e. The first-order chi connectivity index (χ1) is 17.1. The molecule has 1 atom stereocenters. The number of pyridine rings is 1. The van der Waals surface area contributed by atoms with Crippen molar-refractivity contribution in [3.05, 3.63) is 42.7 Å². The summed E-state index contributed by atoms with van der Waals surface area (Å²) in [5, 5.41) is 10.5. The third kappa shape index (κ3) is 6.05. The Balaban J connectivity index is 1.68. The minimum Gasteiger partial charge on any atom is -0.492 e. The van der Waals surface area contributed by atoms with Crippen LogP contribution < -0.4 is 9.46 Å². The van der Waals surface area contributed by atoms with Crippen LogP contribution in [-0.4, -0.2) is 86.7 Å². The van der Waals surface area contributed by atoms with Gasteiger partial charge in [-0.3, -0.25) is 9.78 Å². The Labute approximate surface area is 213 Å². The minimum atomic E-state index is -3.91. The van der Waals surface area contributed by atoms with Gasteiger partial charge in [-0.05, 0) is 43.7 Å². The minimum absolute atomic E-state index is 0.0406. The number of hydrogen-bond donors (Lipinski definition) is 2. The predicted molar refractivity (Wildman–Crippen MR) is 137 cm³/mol. The molecule has 3 heterocycles. The zero-order valence-corrected chi connectivity index (χ0v) is 22.0. The molecular formula is C26H36N4O5S. The number of sulfonamides is 1. The summed E-state index contributed by atoms with van der Waals surface area (Å²) in [4.78, 5) is 20.7. The van der Waals surface area contributed by atoms with Gasteiger partial charge in [-0.2, -0.15) is 0 Å². The highest BCUT2D eigenvalue weighted by molar-refractivity contribution is 7.89. The number of aliphatic hydroxyl groups is 1. The van der Waals surface area contributed by atoms with Crippen LogP contribution >= 0.6 is 0 Å². The van der Waals surface area contributed by atoms with E-state index in [0.29, 0.717) is 32.8 Å². The Bertz CT molecular complexity index is 1160. The van der Waals surface area contributed by atoms with E-state index in [1.165, 1.54) is 0 Å². The van der Waals surface area contributed by atoms with E-state index in [1.54, 1.807) is 30.6 Å². The zero-order valence-electron chi connectivity index (χ0n) is 21.2. The van der Waals surface area contributed by atoms with E-state index < -0.39 is 16.1 Å². The number of fused-ring (bicyclic) bond motifs is 1. The van der Waals surface area contributed by atoms with Gasteiger partial charge in [0.2, 0.25) is 15.9 Å². The van der Waals surface area contributed by atoms with Crippen LogP contribution in [0, 0.1) is 11.3 Å². The lowest BCUT2D eigenvalue weighted by Gasteiger charge is -2.44. The fourth-order valence-corrected chi connectivity index (χ4v) is 6.24. The number of benzene rings is 1. The summed E-state index contributed by atoms with van der Waals surface area (Å²) in [6.07, 6.45) is 4.01. The van der Waals surface area contributed by atoms with E-state index in [9.17, 15) is 18.3 Å². The predicted octanol–water partition coefficient (Wildman–Crippen LogP) is 1.98. The number of nitrogens with zero attached hydrogens (tertiary/aromatic N) is 3. The molecule has 1 aromatic carbocycles. The lowest BCUT2D eigenvalue weighted by atomic mass is 9.78. The number of nitrogens with one attached hydrogen (secondary N) is 1. The van der Waals surface area contributed by atoms with Gasteiger partial charge in [0, 0.05) is 62.0 Å². The third-order valence-electron chi connectivity index (χ3n) is 7.03. The molecule has 1 aromatic heterocycles. The molecule has 1 amide bonds. The third-order valence-corrected chi connectivity index (χ3v) is 8.49. The maximum absolute atomic E-state index is 13.2. The van der Waals surface area contributed by atoms with Crippen LogP contribution in [0.25, 0.3) is 11.1 Å². The Morgan fingerprint density at radius 1 is 1.22 bits per heavy atom. The molecule has 0 saturated carbocycles. The standard InChI is InChI=1S/C26H36N4O5S/c1-19(2)25(32)30-11-8-26(9-12-30)17-29(3)16-22(31)15-28-36(33,34)24-7-6-20(13-23(24)35-18-26)21-5-4-10-27-14-21/h4-7,10,13-14,19,22,28,31H,8-9,11-12,15-18H2,1-3H3. The number of hydrogen-bond acceptors (Lipinski definition) is 7. The molecule has 1 saturated heterocycles. The molecule has 0 radical (unpaired) electrons. The first-order valence-corrected chi connectivity index (χ1v) is 13.9. The maximum Gasteiger partial charge on any atom is 0.244 e. The van der Waals surface area contributed by atoms with Crippen molar-refractivity contribution in [3.8, 4) is 16.9 Å². The van der Waals surface area contributed by atoms with Gasteiger partial charge < -0.3 is 19.6 Å². The van der Waals surface area contributed by atoms with Gasteiger partial charge in [-0.25, -0.2) is 13.1 Å². The van der Waals surface area contributed by atoms with Crippen molar-refractivity contribution < 1.29 is 23.1 Å². The summed E-state index contributed by atoms with van der Waals surface area (Å²) in [5.74, 6) is 0.355. The number of likely N-dealkylation sites (N-methyl/N-ethyl adjacent to an activating group) is 1. The first kappa shape index (κ1) is 26.5. The van der Waals surface area contributed by atoms with Gasteiger partial charge in [0.25, 0.3) is 0 Å². The molecule has 196 valence electrons. The van der Waals surface area contributed by atoms with Crippen molar-refractivity contribution in [1.29, 1.82) is 0 Å². The Morgan fingerprint density at radius 3 is 2.64 bits per heavy atom. The first-order valence-electron chi connectivity index (χ1n) is 12.4. The van der Waals surface area contributed by atoms with Crippen molar-refractivity contribution in [2.45, 2.75) is 37.7 Å². The number of likely N-dealkylation sites (tertiary alicyclic amines) is 1. The van der Waals surface area contributed by atoms with Gasteiger partial charge >= 0.3 is 0 Å². The van der Waals surface area contributed by atoms with E-state index in [2.05, 4.69) is 9.71 Å². The van der Waals surface area contributed by atoms with Crippen molar-refractivity contribution >= 4 is 15.9 Å². The topological polar surface area (TPSA) is 112 Å². The van der Waals surface area contributed by atoms with Crippen LogP contribution in [0.5, 0.6) is 5.75 Å². The molecule has 0 aliphatic carbocycles. The molecule has 10 heteroatoms. The van der Waals surface area contributed by atoms with Gasteiger partial charge in [0.05, 0.1) is 12.7 Å². The molecule has 0 bridgehead atoms. The fourth-order valence-electron chi connectivity index (χ4n) is 5.05. The molecule has 2 aliphatic rings. The summed E-state index contributed by atoms with van der Waals surface area (Å²) in [5.41, 5.74) is 1.36. The molecule has 9 nitrogen and oxygen atoms in total. The molecule has 4 rings (SSSR count). The number of piperidine rings is 1. The molecule has 2 N–H and O–H groups in total. The number of carbonyl (C=O) groups is 1. The molecule has 1 spiro atoms. The van der Waals surface area contributed by atoms with Crippen molar-refractivity contribution in [2.24, 2.45) is 11.3 Å². The van der Waals surface area contributed by atoms with E-state index >= 15 is 0 Å². The van der Waals surface area contributed by atoms with Gasteiger partial charge in [-0.15, -0.1) is 0 Å². The lowest BCUT2D eigenvalue weighted by molar-refractivity contribution is -0.137. The summed E-state index contributed by atoms with van der Waals surface area (Å²) in [6.45, 7) is 6.26. The second-order valence-corrected chi connectivity index (χ2v) is 12.1. The second-order valence-electron chi connectivity index (χ2n) is 10.4. The van der Waals surface area contributed by atoms with Gasteiger partial charge in [0.1, 0.15) is 10.6 Å². The molecule has 1 unspecified atom stereocenters. The monoisotopic (exact) mass is 516 g/mol. The Kier molecular flexibility index (Phi) is 7.99. The lowest BCUT2D eigenvalue weighted by Crippen LogP contribution is -2.52. The average molecular weight is 517 g/mol. The molecule has 2 aromatic rings. The van der Waals surface area contributed by atoms with Crippen molar-refractivity contribution in [2.75, 3.05) is 46.4 Å². The number of ether oxygens (including phenoxy) is 1. The van der Waals surface area contributed by atoms with E-state index in [4.69, 9.17) is 4.74 Å². The van der Waals surface area contributed by atoms with Crippen LogP contribution in [0.1, 0.15) is 26.7 Å². The molecule has 1 fully saturated rings. The highest BCUT2D eigenvalue weighted by atomic mass is 32.2. The highest BCUT2D eigenvalue weighted by Crippen LogP contribution is 2.36. The number of amides is 1. The van der Waals surface area contributed by atoms with Crippen LogP contribution in [0.15, 0.2) is 47.6 Å². The Hall–Kier alpha value is -2.53. The summed E-state index contributed by atoms with van der Waals surface area (Å²) in [7, 11) is -1.99. The smallest absolute Gasteiger partial charge is 0.244 e. The highest BCUT2D eigenvalue weighted by Gasteiger charge is 2.39. The van der Waals surface area contributed by atoms with Crippen molar-refractivity contribution in [1.82, 2.24) is 19.5 Å². The van der Waals surface area contributed by atoms with Gasteiger partial charge in [-0.1, -0.05) is 26.0 Å². The van der Waals surface area contributed by atoms with E-state index in [1.807, 2.05) is 42.8 Å². The van der Waals surface area contributed by atoms with Gasteiger partial charge in [0.15, 0.2) is 0 Å². The zero-order chi connectivity index (χ0) is 25.9. The number of carbonyl (C=O) groups excluding carboxylic acids is 1. The number of rotatable bonds is 2. The van der Waals surface area contributed by atoms with E-state index in [0.717, 1.165) is 24.0 Å². The fraction of sp³-hybridized carbons (Fsp3) is 0.538. The summed E-state index contributed by atoms with van der Waals surface area (Å²) >= 11 is 0. The molecule has 2 aliphatic heterocycles. The van der Waals surface area contributed by atoms with E-state index in [-0.39, 0.29) is 34.4 Å². The Morgan fingerprint density at radius 2 is 1.97 bits per heavy atom. The average Bonchev–Trinajstić information content (AvgIpc) is 2.86. The molecule has 36 heavy (non-hydrogen) atoms. The van der Waals surface area contributed by atoms with Crippen LogP contribution in [0.4, 0.5) is 0 Å². The number of aliphatic hydroxyl groups excluding tert-OH is 1. The normalized spacial score (nSPS) is 22.8. The summed E-state index contributed by atoms with van der Waals surface area (Å²) < 4.78 is 35.2. The molecular weight excluding hydrogens is 480 g/mol. The summed E-state index contributed by atoms with van der Waals surface area (Å²) in [6, 6.07) is 8.75. The van der Waals surface area contributed by atoms with Crippen LogP contribution in [0.3, 0.4) is 0 Å². The van der Waals surface area contributed by atoms with Crippen LogP contribution in [0.2, 0.25) is 0 Å². The second kappa shape index (κ2) is 10.8. The number of aromatic nitrogens is 1. The number of β-amino-alcohol motifs (C(OH)–C–C–N with tert-alkyl or cyclic N) is 1.